The maximum Gasteiger partial charge on any atom is 0.284 e. The number of amides is 1. The number of nitrogens with zero attached hydrogens (tertiary/aromatic N) is 2. The van der Waals surface area contributed by atoms with Crippen LogP contribution in [-0.4, -0.2) is 42.2 Å². The monoisotopic (exact) mass is 393 g/mol. The molecule has 1 fully saturated rings. The van der Waals surface area contributed by atoms with Crippen LogP contribution >= 0.6 is 11.3 Å². The zero-order valence-electron chi connectivity index (χ0n) is 15.5. The standard InChI is InChI=1S/C22H23N3O2S/c26-22(23-27)21-10-9-20(28-21)18-6-4-5-17(15-18)16-24-11-13-25(14-12-24)19-7-2-1-3-8-19/h1-10,15,27H,11-14,16H2,(H,23,26). The summed E-state index contributed by atoms with van der Waals surface area (Å²) in [6, 6.07) is 22.7. The number of carbonyl (C=O) groups is 1. The average molecular weight is 394 g/mol. The molecular formula is C22H23N3O2S. The molecule has 1 saturated heterocycles. The molecule has 2 heterocycles. The first-order chi connectivity index (χ1) is 13.7. The van der Waals surface area contributed by atoms with Crippen molar-refractivity contribution < 1.29 is 10.0 Å². The molecule has 5 nitrogen and oxygen atoms in total. The smallest absolute Gasteiger partial charge is 0.284 e. The Morgan fingerprint density at radius 1 is 0.964 bits per heavy atom. The summed E-state index contributed by atoms with van der Waals surface area (Å²) in [7, 11) is 0. The lowest BCUT2D eigenvalue weighted by molar-refractivity contribution is 0.0711. The van der Waals surface area contributed by atoms with E-state index in [4.69, 9.17) is 5.21 Å². The third-order valence-corrected chi connectivity index (χ3v) is 6.18. The van der Waals surface area contributed by atoms with E-state index >= 15 is 0 Å². The van der Waals surface area contributed by atoms with Gasteiger partial charge in [-0.25, -0.2) is 5.48 Å². The fraction of sp³-hybridized carbons (Fsp3) is 0.227. The molecule has 1 aliphatic heterocycles. The van der Waals surface area contributed by atoms with Crippen molar-refractivity contribution in [2.24, 2.45) is 0 Å². The number of anilines is 1. The van der Waals surface area contributed by atoms with E-state index in [1.165, 1.54) is 22.6 Å². The van der Waals surface area contributed by atoms with Crippen molar-refractivity contribution in [2.75, 3.05) is 31.1 Å². The molecule has 4 rings (SSSR count). The van der Waals surface area contributed by atoms with E-state index in [0.717, 1.165) is 43.2 Å². The first-order valence-electron chi connectivity index (χ1n) is 9.39. The van der Waals surface area contributed by atoms with Crippen molar-refractivity contribution in [1.82, 2.24) is 10.4 Å². The minimum Gasteiger partial charge on any atom is -0.369 e. The van der Waals surface area contributed by atoms with Crippen LogP contribution in [-0.2, 0) is 6.54 Å². The van der Waals surface area contributed by atoms with E-state index in [1.54, 1.807) is 11.5 Å². The molecule has 0 saturated carbocycles. The van der Waals surface area contributed by atoms with Crippen LogP contribution in [0.5, 0.6) is 0 Å². The predicted octanol–water partition coefficient (Wildman–Crippen LogP) is 3.86. The molecule has 0 spiro atoms. The van der Waals surface area contributed by atoms with Gasteiger partial charge in [0.25, 0.3) is 5.91 Å². The molecule has 1 aliphatic rings. The van der Waals surface area contributed by atoms with E-state index in [1.807, 2.05) is 6.07 Å². The summed E-state index contributed by atoms with van der Waals surface area (Å²) >= 11 is 1.38. The molecule has 0 aliphatic carbocycles. The number of hydrogen-bond donors (Lipinski definition) is 2. The van der Waals surface area contributed by atoms with Gasteiger partial charge < -0.3 is 4.90 Å². The van der Waals surface area contributed by atoms with Crippen LogP contribution in [0.25, 0.3) is 10.4 Å². The van der Waals surface area contributed by atoms with Gasteiger partial charge in [0.1, 0.15) is 0 Å². The maximum atomic E-state index is 11.6. The molecule has 0 atom stereocenters. The maximum absolute atomic E-state index is 11.6. The summed E-state index contributed by atoms with van der Waals surface area (Å²) < 4.78 is 0. The number of para-hydroxylation sites is 1. The fourth-order valence-corrected chi connectivity index (χ4v) is 4.45. The Kier molecular flexibility index (Phi) is 5.71. The summed E-state index contributed by atoms with van der Waals surface area (Å²) in [5.74, 6) is -0.469. The lowest BCUT2D eigenvalue weighted by Gasteiger charge is -2.36. The highest BCUT2D eigenvalue weighted by atomic mass is 32.1. The van der Waals surface area contributed by atoms with E-state index in [-0.39, 0.29) is 0 Å². The third-order valence-electron chi connectivity index (χ3n) is 5.04. The van der Waals surface area contributed by atoms with Gasteiger partial charge in [0, 0.05) is 43.3 Å². The predicted molar refractivity (Wildman–Crippen MR) is 113 cm³/mol. The highest BCUT2D eigenvalue weighted by Gasteiger charge is 2.17. The van der Waals surface area contributed by atoms with Gasteiger partial charge in [0.15, 0.2) is 0 Å². The minimum atomic E-state index is -0.469. The van der Waals surface area contributed by atoms with Crippen LogP contribution in [0, 0.1) is 0 Å². The lowest BCUT2D eigenvalue weighted by atomic mass is 10.1. The van der Waals surface area contributed by atoms with E-state index in [0.29, 0.717) is 4.88 Å². The molecule has 1 aromatic heterocycles. The molecule has 0 bridgehead atoms. The Morgan fingerprint density at radius 2 is 1.75 bits per heavy atom. The first kappa shape index (κ1) is 18.7. The van der Waals surface area contributed by atoms with Crippen LogP contribution < -0.4 is 10.4 Å². The highest BCUT2D eigenvalue weighted by molar-refractivity contribution is 7.17. The summed E-state index contributed by atoms with van der Waals surface area (Å²) in [6.07, 6.45) is 0. The SMILES string of the molecule is O=C(NO)c1ccc(-c2cccc(CN3CCN(c4ccccc4)CC3)c2)s1. The normalized spacial score (nSPS) is 14.8. The largest absolute Gasteiger partial charge is 0.369 e. The fourth-order valence-electron chi connectivity index (χ4n) is 3.55. The van der Waals surface area contributed by atoms with Crippen LogP contribution in [0.1, 0.15) is 15.2 Å². The van der Waals surface area contributed by atoms with Gasteiger partial charge in [-0.2, -0.15) is 0 Å². The second-order valence-electron chi connectivity index (χ2n) is 6.90. The van der Waals surface area contributed by atoms with Crippen molar-refractivity contribution in [3.05, 3.63) is 77.2 Å². The number of hydrogen-bond acceptors (Lipinski definition) is 5. The van der Waals surface area contributed by atoms with Crippen molar-refractivity contribution >= 4 is 22.9 Å². The van der Waals surface area contributed by atoms with Crippen molar-refractivity contribution in [3.8, 4) is 10.4 Å². The molecule has 2 N–H and O–H groups in total. The lowest BCUT2D eigenvalue weighted by Crippen LogP contribution is -2.45. The molecule has 0 unspecified atom stereocenters. The quantitative estimate of drug-likeness (QED) is 0.511. The molecule has 144 valence electrons. The van der Waals surface area contributed by atoms with Crippen LogP contribution in [0.3, 0.4) is 0 Å². The van der Waals surface area contributed by atoms with E-state index in [9.17, 15) is 4.79 Å². The Labute approximate surface area is 168 Å². The molecule has 1 amide bonds. The third kappa shape index (κ3) is 4.25. The Balaban J connectivity index is 1.39. The minimum absolute atomic E-state index is 0.469. The van der Waals surface area contributed by atoms with Crippen molar-refractivity contribution in [3.63, 3.8) is 0 Å². The van der Waals surface area contributed by atoms with Crippen LogP contribution in [0.4, 0.5) is 5.69 Å². The van der Waals surface area contributed by atoms with Crippen molar-refractivity contribution in [1.29, 1.82) is 0 Å². The summed E-state index contributed by atoms with van der Waals surface area (Å²) in [6.45, 7) is 5.08. The Bertz CT molecular complexity index is 934. The Morgan fingerprint density at radius 3 is 2.50 bits per heavy atom. The number of nitrogens with one attached hydrogen (secondary N) is 1. The zero-order chi connectivity index (χ0) is 19.3. The molecule has 6 heteroatoms. The van der Waals surface area contributed by atoms with Crippen LogP contribution in [0.2, 0.25) is 0 Å². The number of carbonyl (C=O) groups excluding carboxylic acids is 1. The summed E-state index contributed by atoms with van der Waals surface area (Å²) in [5, 5.41) is 8.78. The van der Waals surface area contributed by atoms with Gasteiger partial charge >= 0.3 is 0 Å². The topological polar surface area (TPSA) is 55.8 Å². The molecule has 28 heavy (non-hydrogen) atoms. The summed E-state index contributed by atoms with van der Waals surface area (Å²) in [4.78, 5) is 18.0. The van der Waals surface area contributed by atoms with Gasteiger partial charge in [-0.1, -0.05) is 36.4 Å². The first-order valence-corrected chi connectivity index (χ1v) is 10.2. The second kappa shape index (κ2) is 8.56. The van der Waals surface area contributed by atoms with Crippen LogP contribution in [0.15, 0.2) is 66.7 Å². The van der Waals surface area contributed by atoms with E-state index < -0.39 is 5.91 Å². The van der Waals surface area contributed by atoms with Gasteiger partial charge in [0.2, 0.25) is 0 Å². The second-order valence-corrected chi connectivity index (χ2v) is 7.99. The molecular weight excluding hydrogens is 370 g/mol. The zero-order valence-corrected chi connectivity index (χ0v) is 16.4. The van der Waals surface area contributed by atoms with Gasteiger partial charge in [-0.05, 0) is 41.5 Å². The van der Waals surface area contributed by atoms with Crippen molar-refractivity contribution in [2.45, 2.75) is 6.54 Å². The highest BCUT2D eigenvalue weighted by Crippen LogP contribution is 2.29. The van der Waals surface area contributed by atoms with Gasteiger partial charge in [0.05, 0.1) is 4.88 Å². The number of hydroxylamine groups is 1. The average Bonchev–Trinajstić information content (AvgIpc) is 3.25. The number of piperazine rings is 1. The van der Waals surface area contributed by atoms with Gasteiger partial charge in [-0.15, -0.1) is 11.3 Å². The number of thiophene rings is 1. The number of benzene rings is 2. The van der Waals surface area contributed by atoms with Gasteiger partial charge in [-0.3, -0.25) is 14.9 Å². The molecule has 0 radical (unpaired) electrons. The Hall–Kier alpha value is -2.67. The number of rotatable bonds is 5. The molecule has 2 aromatic carbocycles. The molecule has 3 aromatic rings. The summed E-state index contributed by atoms with van der Waals surface area (Å²) in [5.41, 5.74) is 5.35. The van der Waals surface area contributed by atoms with E-state index in [2.05, 4.69) is 64.4 Å².